The van der Waals surface area contributed by atoms with Crippen molar-refractivity contribution in [3.8, 4) is 11.5 Å². The van der Waals surface area contributed by atoms with Crippen molar-refractivity contribution in [2.75, 3.05) is 6.61 Å². The van der Waals surface area contributed by atoms with E-state index in [9.17, 15) is 9.90 Å². The van der Waals surface area contributed by atoms with Crippen molar-refractivity contribution in [2.24, 2.45) is 0 Å². The van der Waals surface area contributed by atoms with Gasteiger partial charge in [0.15, 0.2) is 5.78 Å². The van der Waals surface area contributed by atoms with E-state index < -0.39 is 0 Å². The SMILES string of the molecule is CC(=O)c1ccc(OCCCCc2ccc(Cl)cc2)cc1O. The van der Waals surface area contributed by atoms with Gasteiger partial charge in [0.05, 0.1) is 12.2 Å². The van der Waals surface area contributed by atoms with Crippen LogP contribution in [0.2, 0.25) is 5.02 Å². The lowest BCUT2D eigenvalue weighted by atomic mass is 10.1. The van der Waals surface area contributed by atoms with Gasteiger partial charge in [0, 0.05) is 11.1 Å². The molecule has 3 nitrogen and oxygen atoms in total. The van der Waals surface area contributed by atoms with Gasteiger partial charge in [0.2, 0.25) is 0 Å². The van der Waals surface area contributed by atoms with Gasteiger partial charge < -0.3 is 9.84 Å². The minimum atomic E-state index is -0.160. The molecule has 0 unspecified atom stereocenters. The van der Waals surface area contributed by atoms with Crippen LogP contribution in [0.25, 0.3) is 0 Å². The molecule has 0 bridgehead atoms. The number of aromatic hydroxyl groups is 1. The summed E-state index contributed by atoms with van der Waals surface area (Å²) in [6, 6.07) is 12.6. The van der Waals surface area contributed by atoms with Crippen LogP contribution in [0, 0.1) is 0 Å². The number of hydrogen-bond acceptors (Lipinski definition) is 3. The molecule has 0 spiro atoms. The predicted octanol–water partition coefficient (Wildman–Crippen LogP) is 4.65. The first kappa shape index (κ1) is 16.4. The van der Waals surface area contributed by atoms with Gasteiger partial charge in [-0.3, -0.25) is 4.79 Å². The summed E-state index contributed by atoms with van der Waals surface area (Å²) >= 11 is 5.85. The normalized spacial score (nSPS) is 10.5. The molecule has 0 aromatic heterocycles. The van der Waals surface area contributed by atoms with Gasteiger partial charge in [-0.2, -0.15) is 0 Å². The number of unbranched alkanes of at least 4 members (excludes halogenated alkanes) is 1. The molecule has 4 heteroatoms. The van der Waals surface area contributed by atoms with Gasteiger partial charge in [-0.05, 0) is 56.0 Å². The van der Waals surface area contributed by atoms with E-state index in [2.05, 4.69) is 0 Å². The first-order valence-corrected chi connectivity index (χ1v) is 7.65. The van der Waals surface area contributed by atoms with E-state index in [-0.39, 0.29) is 11.5 Å². The number of Topliss-reactive ketones (excluding diaryl/α,β-unsaturated/α-hetero) is 1. The zero-order chi connectivity index (χ0) is 15.9. The maximum absolute atomic E-state index is 11.2. The fourth-order valence-electron chi connectivity index (χ4n) is 2.17. The minimum Gasteiger partial charge on any atom is -0.507 e. The number of rotatable bonds is 7. The number of carbonyl (C=O) groups excluding carboxylic acids is 1. The second-order valence-corrected chi connectivity index (χ2v) is 5.60. The maximum atomic E-state index is 11.2. The van der Waals surface area contributed by atoms with Crippen LogP contribution in [0.4, 0.5) is 0 Å². The average Bonchev–Trinajstić information content (AvgIpc) is 2.48. The lowest BCUT2D eigenvalue weighted by Gasteiger charge is -2.08. The third kappa shape index (κ3) is 4.78. The van der Waals surface area contributed by atoms with Crippen LogP contribution in [-0.4, -0.2) is 17.5 Å². The number of ether oxygens (including phenoxy) is 1. The third-order valence-electron chi connectivity index (χ3n) is 3.39. The highest BCUT2D eigenvalue weighted by Crippen LogP contribution is 2.24. The number of halogens is 1. The summed E-state index contributed by atoms with van der Waals surface area (Å²) in [6.07, 6.45) is 2.91. The number of aryl methyl sites for hydroxylation is 1. The van der Waals surface area contributed by atoms with E-state index >= 15 is 0 Å². The first-order chi connectivity index (χ1) is 10.6. The first-order valence-electron chi connectivity index (χ1n) is 7.27. The van der Waals surface area contributed by atoms with E-state index in [1.165, 1.54) is 18.6 Å². The van der Waals surface area contributed by atoms with E-state index in [1.54, 1.807) is 12.1 Å². The Bertz CT molecular complexity index is 635. The van der Waals surface area contributed by atoms with Crippen LogP contribution in [0.3, 0.4) is 0 Å². The lowest BCUT2D eigenvalue weighted by molar-refractivity contribution is 0.101. The molecular formula is C18H19ClO3. The smallest absolute Gasteiger partial charge is 0.163 e. The molecule has 0 fully saturated rings. The number of ketones is 1. The molecule has 0 atom stereocenters. The lowest BCUT2D eigenvalue weighted by Crippen LogP contribution is -1.99. The van der Waals surface area contributed by atoms with Crippen LogP contribution < -0.4 is 4.74 Å². The van der Waals surface area contributed by atoms with Crippen molar-refractivity contribution >= 4 is 17.4 Å². The monoisotopic (exact) mass is 318 g/mol. The molecule has 0 heterocycles. The van der Waals surface area contributed by atoms with Crippen LogP contribution in [0.5, 0.6) is 11.5 Å². The Morgan fingerprint density at radius 2 is 1.86 bits per heavy atom. The number of phenols is 1. The molecule has 2 aromatic carbocycles. The molecule has 0 radical (unpaired) electrons. The molecule has 2 rings (SSSR count). The Balaban J connectivity index is 1.73. The van der Waals surface area contributed by atoms with Crippen LogP contribution in [0.15, 0.2) is 42.5 Å². The van der Waals surface area contributed by atoms with Crippen molar-refractivity contribution in [3.63, 3.8) is 0 Å². The number of benzene rings is 2. The van der Waals surface area contributed by atoms with Crippen LogP contribution in [0.1, 0.15) is 35.7 Å². The average molecular weight is 319 g/mol. The summed E-state index contributed by atoms with van der Waals surface area (Å²) in [5, 5.41) is 10.5. The Hall–Kier alpha value is -2.00. The molecule has 2 aromatic rings. The van der Waals surface area contributed by atoms with E-state index in [0.717, 1.165) is 24.3 Å². The van der Waals surface area contributed by atoms with Crippen molar-refractivity contribution in [3.05, 3.63) is 58.6 Å². The summed E-state index contributed by atoms with van der Waals surface area (Å²) in [7, 11) is 0. The largest absolute Gasteiger partial charge is 0.507 e. The number of carbonyl (C=O) groups is 1. The molecule has 0 aliphatic rings. The minimum absolute atomic E-state index is 0.0360. The standard InChI is InChI=1S/C18H19ClO3/c1-13(20)17-10-9-16(12-18(17)21)22-11-3-2-4-14-5-7-15(19)8-6-14/h5-10,12,21H,2-4,11H2,1H3. The zero-order valence-electron chi connectivity index (χ0n) is 12.5. The number of phenolic OH excluding ortho intramolecular Hbond substituents is 1. The molecular weight excluding hydrogens is 300 g/mol. The van der Waals surface area contributed by atoms with Gasteiger partial charge in [-0.1, -0.05) is 23.7 Å². The second-order valence-electron chi connectivity index (χ2n) is 5.17. The molecule has 0 aliphatic heterocycles. The van der Waals surface area contributed by atoms with E-state index in [0.29, 0.717) is 17.9 Å². The van der Waals surface area contributed by atoms with Gasteiger partial charge >= 0.3 is 0 Å². The Morgan fingerprint density at radius 3 is 2.50 bits per heavy atom. The van der Waals surface area contributed by atoms with E-state index in [4.69, 9.17) is 16.3 Å². The van der Waals surface area contributed by atoms with Crippen molar-refractivity contribution in [1.82, 2.24) is 0 Å². The summed E-state index contributed by atoms with van der Waals surface area (Å²) in [4.78, 5) is 11.2. The molecule has 116 valence electrons. The molecule has 0 aliphatic carbocycles. The fraction of sp³-hybridized carbons (Fsp3) is 0.278. The van der Waals surface area contributed by atoms with Crippen molar-refractivity contribution < 1.29 is 14.6 Å². The Morgan fingerprint density at radius 1 is 1.14 bits per heavy atom. The topological polar surface area (TPSA) is 46.5 Å². The summed E-state index contributed by atoms with van der Waals surface area (Å²) in [6.45, 7) is 2.00. The molecule has 0 saturated heterocycles. The van der Waals surface area contributed by atoms with Gasteiger partial charge in [-0.15, -0.1) is 0 Å². The summed E-state index contributed by atoms with van der Waals surface area (Å²) < 4.78 is 5.59. The van der Waals surface area contributed by atoms with Crippen molar-refractivity contribution in [2.45, 2.75) is 26.2 Å². The third-order valence-corrected chi connectivity index (χ3v) is 3.64. The van der Waals surface area contributed by atoms with Crippen LogP contribution in [-0.2, 0) is 6.42 Å². The molecule has 0 amide bonds. The molecule has 22 heavy (non-hydrogen) atoms. The quantitative estimate of drug-likeness (QED) is 0.597. The van der Waals surface area contributed by atoms with E-state index in [1.807, 2.05) is 24.3 Å². The number of hydrogen-bond donors (Lipinski definition) is 1. The molecule has 0 saturated carbocycles. The highest BCUT2D eigenvalue weighted by Gasteiger charge is 2.07. The van der Waals surface area contributed by atoms with Gasteiger partial charge in [0.25, 0.3) is 0 Å². The summed E-state index contributed by atoms with van der Waals surface area (Å²) in [5.41, 5.74) is 1.57. The highest BCUT2D eigenvalue weighted by molar-refractivity contribution is 6.30. The maximum Gasteiger partial charge on any atom is 0.163 e. The second kappa shape index (κ2) is 7.85. The summed E-state index contributed by atoms with van der Waals surface area (Å²) in [5.74, 6) is 0.382. The predicted molar refractivity (Wildman–Crippen MR) is 88.0 cm³/mol. The van der Waals surface area contributed by atoms with Gasteiger partial charge in [-0.25, -0.2) is 0 Å². The fourth-order valence-corrected chi connectivity index (χ4v) is 2.30. The zero-order valence-corrected chi connectivity index (χ0v) is 13.3. The molecule has 1 N–H and O–H groups in total. The Kier molecular flexibility index (Phi) is 5.84. The highest BCUT2D eigenvalue weighted by atomic mass is 35.5. The Labute approximate surface area is 135 Å². The van der Waals surface area contributed by atoms with Crippen LogP contribution >= 0.6 is 11.6 Å². The van der Waals surface area contributed by atoms with Gasteiger partial charge in [0.1, 0.15) is 11.5 Å². The van der Waals surface area contributed by atoms with Crippen molar-refractivity contribution in [1.29, 1.82) is 0 Å².